The molecule has 0 aliphatic rings. The van der Waals surface area contributed by atoms with E-state index >= 15 is 0 Å². The van der Waals surface area contributed by atoms with Crippen molar-refractivity contribution in [3.05, 3.63) is 47.9 Å². The van der Waals surface area contributed by atoms with E-state index in [4.69, 9.17) is 8.60 Å². The summed E-state index contributed by atoms with van der Waals surface area (Å²) < 4.78 is 35.1. The molecule has 1 atom stereocenters. The number of nitrogens with zero attached hydrogens (tertiary/aromatic N) is 2. The molecule has 0 spiro atoms. The third kappa shape index (κ3) is 5.78. The van der Waals surface area contributed by atoms with Gasteiger partial charge in [-0.25, -0.2) is 0 Å². The van der Waals surface area contributed by atoms with Crippen molar-refractivity contribution < 1.29 is 21.8 Å². The van der Waals surface area contributed by atoms with Crippen LogP contribution in [-0.4, -0.2) is 44.1 Å². The Hall–Kier alpha value is -2.48. The van der Waals surface area contributed by atoms with Gasteiger partial charge in [0, 0.05) is 36.4 Å². The average molecular weight is 437 g/mol. The quantitative estimate of drug-likeness (QED) is 0.489. The second-order valence-electron chi connectivity index (χ2n) is 7.06. The average Bonchev–Trinajstić information content (AvgIpc) is 3.28. The zero-order valence-electron chi connectivity index (χ0n) is 18.4. The monoisotopic (exact) mass is 436 g/mol. The van der Waals surface area contributed by atoms with Gasteiger partial charge in [0.25, 0.3) is 5.91 Å². The molecule has 0 N–H and O–H groups in total. The van der Waals surface area contributed by atoms with Gasteiger partial charge in [0.1, 0.15) is 5.75 Å². The minimum absolute atomic E-state index is 0.0688. The first-order valence-corrected chi connectivity index (χ1v) is 12.0. The van der Waals surface area contributed by atoms with Crippen LogP contribution in [0.1, 0.15) is 57.2 Å². The van der Waals surface area contributed by atoms with E-state index in [0.717, 1.165) is 25.2 Å². The predicted octanol–water partition coefficient (Wildman–Crippen LogP) is 4.30. The molecule has 8 heteroatoms. The first-order valence-electron chi connectivity index (χ1n) is 10.4. The Morgan fingerprint density at radius 3 is 2.37 bits per heavy atom. The standard InChI is InChI=1S/C22H32N2O5S/c1-6-17(5)24(22(25)20-11-10-14-28-20)16-18-12-13-19(23(7-2)8-3)15-21(18)29-30(26,27)9-4/h10-15,17H,6-9,16H2,1-5H3/t17-/m1/s1. The van der Waals surface area contributed by atoms with Gasteiger partial charge in [-0.15, -0.1) is 0 Å². The molecule has 0 saturated heterocycles. The number of hydrogen-bond acceptors (Lipinski definition) is 6. The molecular formula is C22H32N2O5S. The molecule has 7 nitrogen and oxygen atoms in total. The third-order valence-corrected chi connectivity index (χ3v) is 6.35. The molecule has 0 saturated carbocycles. The number of carbonyl (C=O) groups is 1. The molecule has 2 aromatic rings. The largest absolute Gasteiger partial charge is 0.459 e. The highest BCUT2D eigenvalue weighted by molar-refractivity contribution is 7.87. The highest BCUT2D eigenvalue weighted by atomic mass is 32.2. The topological polar surface area (TPSA) is 80.1 Å². The first kappa shape index (κ1) is 23.8. The fraction of sp³-hybridized carbons (Fsp3) is 0.500. The molecule has 0 radical (unpaired) electrons. The van der Waals surface area contributed by atoms with E-state index in [1.807, 2.05) is 39.8 Å². The summed E-state index contributed by atoms with van der Waals surface area (Å²) in [5, 5.41) is 0. The summed E-state index contributed by atoms with van der Waals surface area (Å²) in [4.78, 5) is 16.8. The van der Waals surface area contributed by atoms with Gasteiger partial charge in [-0.05, 0) is 52.3 Å². The Kier molecular flexibility index (Phi) is 8.34. The van der Waals surface area contributed by atoms with Crippen molar-refractivity contribution in [3.63, 3.8) is 0 Å². The number of rotatable bonds is 11. The maximum Gasteiger partial charge on any atom is 0.308 e. The summed E-state index contributed by atoms with van der Waals surface area (Å²) in [6, 6.07) is 8.73. The Labute approximate surface area is 179 Å². The molecule has 2 rings (SSSR count). The van der Waals surface area contributed by atoms with E-state index in [-0.39, 0.29) is 35.8 Å². The van der Waals surface area contributed by atoms with Crippen LogP contribution in [0.2, 0.25) is 0 Å². The van der Waals surface area contributed by atoms with E-state index < -0.39 is 10.1 Å². The van der Waals surface area contributed by atoms with Crippen LogP contribution < -0.4 is 9.08 Å². The summed E-state index contributed by atoms with van der Waals surface area (Å²) in [7, 11) is -3.72. The predicted molar refractivity (Wildman–Crippen MR) is 118 cm³/mol. The third-order valence-electron chi connectivity index (χ3n) is 5.21. The molecule has 1 aromatic heterocycles. The van der Waals surface area contributed by atoms with Crippen LogP contribution in [0.15, 0.2) is 41.0 Å². The summed E-state index contributed by atoms with van der Waals surface area (Å²) in [6.07, 6.45) is 2.21. The smallest absolute Gasteiger partial charge is 0.308 e. The first-order chi connectivity index (χ1) is 14.3. The molecule has 30 heavy (non-hydrogen) atoms. The van der Waals surface area contributed by atoms with Gasteiger partial charge in [-0.1, -0.05) is 13.0 Å². The molecule has 0 bridgehead atoms. The zero-order chi connectivity index (χ0) is 22.3. The number of carbonyl (C=O) groups excluding carboxylic acids is 1. The lowest BCUT2D eigenvalue weighted by molar-refractivity contribution is 0.0638. The lowest BCUT2D eigenvalue weighted by atomic mass is 10.1. The second kappa shape index (κ2) is 10.5. The summed E-state index contributed by atoms with van der Waals surface area (Å²) in [5.41, 5.74) is 1.50. The van der Waals surface area contributed by atoms with Crippen LogP contribution in [0.3, 0.4) is 0 Å². The van der Waals surface area contributed by atoms with Gasteiger partial charge in [-0.3, -0.25) is 4.79 Å². The van der Waals surface area contributed by atoms with Crippen molar-refractivity contribution in [1.29, 1.82) is 0 Å². The van der Waals surface area contributed by atoms with Crippen molar-refractivity contribution in [2.75, 3.05) is 23.7 Å². The van der Waals surface area contributed by atoms with Crippen LogP contribution in [0.25, 0.3) is 0 Å². The van der Waals surface area contributed by atoms with E-state index in [9.17, 15) is 13.2 Å². The molecule has 166 valence electrons. The van der Waals surface area contributed by atoms with Gasteiger partial charge < -0.3 is 18.4 Å². The molecular weight excluding hydrogens is 404 g/mol. The lowest BCUT2D eigenvalue weighted by Gasteiger charge is -2.29. The van der Waals surface area contributed by atoms with Crippen LogP contribution >= 0.6 is 0 Å². The van der Waals surface area contributed by atoms with Crippen molar-refractivity contribution in [1.82, 2.24) is 4.90 Å². The Morgan fingerprint density at radius 1 is 1.13 bits per heavy atom. The number of benzene rings is 1. The SMILES string of the molecule is CC[C@@H](C)N(Cc1ccc(N(CC)CC)cc1OS(=O)(=O)CC)C(=O)c1ccco1. The maximum atomic E-state index is 13.0. The second-order valence-corrected chi connectivity index (χ2v) is 8.92. The van der Waals surface area contributed by atoms with E-state index in [1.165, 1.54) is 13.2 Å². The Balaban J connectivity index is 2.46. The molecule has 0 unspecified atom stereocenters. The number of hydrogen-bond donors (Lipinski definition) is 0. The molecule has 1 aromatic carbocycles. The van der Waals surface area contributed by atoms with Crippen molar-refractivity contribution in [2.24, 2.45) is 0 Å². The minimum atomic E-state index is -3.72. The fourth-order valence-electron chi connectivity index (χ4n) is 3.11. The van der Waals surface area contributed by atoms with Gasteiger partial charge in [-0.2, -0.15) is 8.42 Å². The van der Waals surface area contributed by atoms with Crippen LogP contribution in [0.5, 0.6) is 5.75 Å². The zero-order valence-corrected chi connectivity index (χ0v) is 19.2. The summed E-state index contributed by atoms with van der Waals surface area (Å²) in [5.74, 6) is 0.120. The van der Waals surface area contributed by atoms with Gasteiger partial charge in [0.05, 0.1) is 18.6 Å². The highest BCUT2D eigenvalue weighted by Crippen LogP contribution is 2.29. The van der Waals surface area contributed by atoms with Gasteiger partial charge in [0.15, 0.2) is 5.76 Å². The number of furan rings is 1. The van der Waals surface area contributed by atoms with Crippen molar-refractivity contribution in [3.8, 4) is 5.75 Å². The number of amides is 1. The maximum absolute atomic E-state index is 13.0. The Bertz CT molecular complexity index is 921. The van der Waals surface area contributed by atoms with Crippen LogP contribution in [-0.2, 0) is 16.7 Å². The van der Waals surface area contributed by atoms with Crippen molar-refractivity contribution >= 4 is 21.7 Å². The van der Waals surface area contributed by atoms with Crippen molar-refractivity contribution in [2.45, 2.75) is 53.6 Å². The van der Waals surface area contributed by atoms with E-state index in [2.05, 4.69) is 4.90 Å². The van der Waals surface area contributed by atoms with Crippen LogP contribution in [0, 0.1) is 0 Å². The Morgan fingerprint density at radius 2 is 1.83 bits per heavy atom. The molecule has 1 heterocycles. The van der Waals surface area contributed by atoms with E-state index in [0.29, 0.717) is 5.56 Å². The van der Waals surface area contributed by atoms with Crippen LogP contribution in [0.4, 0.5) is 5.69 Å². The van der Waals surface area contributed by atoms with E-state index in [1.54, 1.807) is 23.1 Å². The molecule has 1 amide bonds. The normalized spacial score (nSPS) is 12.4. The summed E-state index contributed by atoms with van der Waals surface area (Å²) >= 11 is 0. The summed E-state index contributed by atoms with van der Waals surface area (Å²) in [6.45, 7) is 11.3. The fourth-order valence-corrected chi connectivity index (χ4v) is 3.65. The number of anilines is 1. The molecule has 0 aliphatic heterocycles. The van der Waals surface area contributed by atoms with Gasteiger partial charge >= 0.3 is 10.1 Å². The van der Waals surface area contributed by atoms with Gasteiger partial charge in [0.2, 0.25) is 0 Å². The minimum Gasteiger partial charge on any atom is -0.459 e. The molecule has 0 aliphatic carbocycles. The molecule has 0 fully saturated rings. The lowest BCUT2D eigenvalue weighted by Crippen LogP contribution is -2.37. The highest BCUT2D eigenvalue weighted by Gasteiger charge is 2.25.